The highest BCUT2D eigenvalue weighted by molar-refractivity contribution is 7.99. The van der Waals surface area contributed by atoms with Crippen molar-refractivity contribution in [3.05, 3.63) is 24.3 Å². The van der Waals surface area contributed by atoms with Crippen molar-refractivity contribution in [1.82, 2.24) is 15.2 Å². The first-order valence-electron chi connectivity index (χ1n) is 7.25. The second-order valence-corrected chi connectivity index (χ2v) is 7.34. The SMILES string of the molecule is CN(C)CC(C)(C)CNC(=O)CSc1nc2ccccc2o1. The maximum Gasteiger partial charge on any atom is 0.257 e. The van der Waals surface area contributed by atoms with E-state index in [1.165, 1.54) is 11.8 Å². The zero-order chi connectivity index (χ0) is 16.2. The molecule has 1 aromatic carbocycles. The van der Waals surface area contributed by atoms with Crippen molar-refractivity contribution in [2.75, 3.05) is 32.9 Å². The molecule has 0 aliphatic heterocycles. The van der Waals surface area contributed by atoms with E-state index in [4.69, 9.17) is 4.42 Å². The van der Waals surface area contributed by atoms with Crippen LogP contribution in [0, 0.1) is 5.41 Å². The number of rotatable bonds is 7. The Morgan fingerprint density at radius 2 is 2.09 bits per heavy atom. The molecule has 0 atom stereocenters. The molecular formula is C16H23N3O2S. The summed E-state index contributed by atoms with van der Waals surface area (Å²) >= 11 is 1.32. The first-order valence-corrected chi connectivity index (χ1v) is 8.24. The largest absolute Gasteiger partial charge is 0.431 e. The Morgan fingerprint density at radius 3 is 2.77 bits per heavy atom. The Morgan fingerprint density at radius 1 is 1.36 bits per heavy atom. The maximum atomic E-state index is 11.9. The summed E-state index contributed by atoms with van der Waals surface area (Å²) in [5.74, 6) is 0.310. The third-order valence-corrected chi connectivity index (χ3v) is 3.94. The van der Waals surface area contributed by atoms with Gasteiger partial charge in [-0.2, -0.15) is 0 Å². The fourth-order valence-electron chi connectivity index (χ4n) is 2.34. The molecule has 1 amide bonds. The van der Waals surface area contributed by atoms with Crippen LogP contribution >= 0.6 is 11.8 Å². The van der Waals surface area contributed by atoms with Gasteiger partial charge in [0, 0.05) is 13.1 Å². The average Bonchev–Trinajstić information content (AvgIpc) is 2.84. The number of benzene rings is 1. The predicted molar refractivity (Wildman–Crippen MR) is 90.1 cm³/mol. The van der Waals surface area contributed by atoms with Crippen molar-refractivity contribution >= 4 is 28.8 Å². The van der Waals surface area contributed by atoms with E-state index in [9.17, 15) is 4.79 Å². The molecule has 0 fully saturated rings. The molecule has 2 rings (SSSR count). The Bertz CT molecular complexity index is 604. The molecule has 6 heteroatoms. The number of carbonyl (C=O) groups is 1. The van der Waals surface area contributed by atoms with Crippen LogP contribution in [-0.4, -0.2) is 48.7 Å². The van der Waals surface area contributed by atoms with Crippen LogP contribution in [0.1, 0.15) is 13.8 Å². The lowest BCUT2D eigenvalue weighted by molar-refractivity contribution is -0.119. The molecule has 0 radical (unpaired) electrons. The topological polar surface area (TPSA) is 58.4 Å². The summed E-state index contributed by atoms with van der Waals surface area (Å²) in [6.07, 6.45) is 0. The zero-order valence-electron chi connectivity index (χ0n) is 13.5. The van der Waals surface area contributed by atoms with Gasteiger partial charge in [-0.1, -0.05) is 37.7 Å². The Labute approximate surface area is 135 Å². The molecule has 0 spiro atoms. The zero-order valence-corrected chi connectivity index (χ0v) is 14.4. The van der Waals surface area contributed by atoms with Gasteiger partial charge >= 0.3 is 0 Å². The fraction of sp³-hybridized carbons (Fsp3) is 0.500. The van der Waals surface area contributed by atoms with Crippen LogP contribution in [-0.2, 0) is 4.79 Å². The van der Waals surface area contributed by atoms with E-state index in [1.807, 2.05) is 38.4 Å². The van der Waals surface area contributed by atoms with Crippen LogP contribution in [0.4, 0.5) is 0 Å². The van der Waals surface area contributed by atoms with Gasteiger partial charge in [0.05, 0.1) is 5.75 Å². The van der Waals surface area contributed by atoms with Crippen molar-refractivity contribution < 1.29 is 9.21 Å². The van der Waals surface area contributed by atoms with Gasteiger partial charge in [-0.25, -0.2) is 4.98 Å². The molecule has 0 aliphatic carbocycles. The van der Waals surface area contributed by atoms with Crippen molar-refractivity contribution in [2.24, 2.45) is 5.41 Å². The summed E-state index contributed by atoms with van der Waals surface area (Å²) in [4.78, 5) is 18.4. The lowest BCUT2D eigenvalue weighted by atomic mass is 9.93. The molecule has 0 aliphatic rings. The molecule has 0 saturated heterocycles. The summed E-state index contributed by atoms with van der Waals surface area (Å²) in [6, 6.07) is 7.59. The molecule has 5 nitrogen and oxygen atoms in total. The minimum atomic E-state index is -0.000845. The highest BCUT2D eigenvalue weighted by Crippen LogP contribution is 2.23. The number of fused-ring (bicyclic) bond motifs is 1. The van der Waals surface area contributed by atoms with E-state index in [-0.39, 0.29) is 11.3 Å². The molecule has 0 bridgehead atoms. The summed E-state index contributed by atoms with van der Waals surface area (Å²) in [5, 5.41) is 3.51. The third kappa shape index (κ3) is 5.03. The van der Waals surface area contributed by atoms with Crippen LogP contribution in [0.5, 0.6) is 0 Å². The number of carbonyl (C=O) groups excluding carboxylic acids is 1. The molecule has 120 valence electrons. The first kappa shape index (κ1) is 16.8. The number of hydrogen-bond donors (Lipinski definition) is 1. The molecule has 1 N–H and O–H groups in total. The first-order chi connectivity index (χ1) is 10.4. The van der Waals surface area contributed by atoms with Gasteiger partial charge < -0.3 is 14.6 Å². The van der Waals surface area contributed by atoms with Crippen molar-refractivity contribution in [2.45, 2.75) is 19.1 Å². The number of nitrogens with zero attached hydrogens (tertiary/aromatic N) is 2. The van der Waals surface area contributed by atoms with Crippen molar-refractivity contribution in [1.29, 1.82) is 0 Å². The molecule has 0 unspecified atom stereocenters. The third-order valence-electron chi connectivity index (χ3n) is 3.11. The predicted octanol–water partition coefficient (Wildman–Crippen LogP) is 2.62. The summed E-state index contributed by atoms with van der Waals surface area (Å²) in [6.45, 7) is 5.85. The summed E-state index contributed by atoms with van der Waals surface area (Å²) < 4.78 is 5.58. The molecule has 0 saturated carbocycles. The maximum absolute atomic E-state index is 11.9. The van der Waals surface area contributed by atoms with E-state index < -0.39 is 0 Å². The number of thioether (sulfide) groups is 1. The van der Waals surface area contributed by atoms with Crippen LogP contribution in [0.25, 0.3) is 11.1 Å². The number of amides is 1. The molecule has 1 heterocycles. The van der Waals surface area contributed by atoms with Crippen molar-refractivity contribution in [3.8, 4) is 0 Å². The van der Waals surface area contributed by atoms with Gasteiger partial charge in [-0.15, -0.1) is 0 Å². The van der Waals surface area contributed by atoms with Gasteiger partial charge in [0.25, 0.3) is 5.22 Å². The fourth-order valence-corrected chi connectivity index (χ4v) is 3.01. The van der Waals surface area contributed by atoms with Gasteiger partial charge in [-0.05, 0) is 31.6 Å². The van der Waals surface area contributed by atoms with Gasteiger partial charge in [0.15, 0.2) is 5.58 Å². The van der Waals surface area contributed by atoms with E-state index in [0.717, 1.165) is 17.6 Å². The number of para-hydroxylation sites is 2. The Kier molecular flexibility index (Phi) is 5.47. The number of hydrogen-bond acceptors (Lipinski definition) is 5. The van der Waals surface area contributed by atoms with E-state index >= 15 is 0 Å². The monoisotopic (exact) mass is 321 g/mol. The Hall–Kier alpha value is -1.53. The molecule has 2 aromatic rings. The summed E-state index contributed by atoms with van der Waals surface area (Å²) in [5.41, 5.74) is 1.61. The van der Waals surface area contributed by atoms with Gasteiger partial charge in [0.1, 0.15) is 5.52 Å². The van der Waals surface area contributed by atoms with E-state index in [1.54, 1.807) is 0 Å². The standard InChI is InChI=1S/C16H23N3O2S/c1-16(2,11-19(3)4)10-17-14(20)9-22-15-18-12-7-5-6-8-13(12)21-15/h5-8H,9-11H2,1-4H3,(H,17,20). The van der Waals surface area contributed by atoms with Crippen LogP contribution in [0.2, 0.25) is 0 Å². The lowest BCUT2D eigenvalue weighted by Crippen LogP contribution is -2.40. The molecule has 22 heavy (non-hydrogen) atoms. The van der Waals surface area contributed by atoms with Crippen LogP contribution in [0.3, 0.4) is 0 Å². The second-order valence-electron chi connectivity index (χ2n) is 6.41. The Balaban J connectivity index is 1.80. The lowest BCUT2D eigenvalue weighted by Gasteiger charge is -2.28. The van der Waals surface area contributed by atoms with E-state index in [2.05, 4.69) is 29.0 Å². The quantitative estimate of drug-likeness (QED) is 0.795. The number of nitrogens with one attached hydrogen (secondary N) is 1. The highest BCUT2D eigenvalue weighted by Gasteiger charge is 2.20. The summed E-state index contributed by atoms with van der Waals surface area (Å²) in [7, 11) is 4.07. The highest BCUT2D eigenvalue weighted by atomic mass is 32.2. The van der Waals surface area contributed by atoms with E-state index in [0.29, 0.717) is 17.5 Å². The number of aromatic nitrogens is 1. The normalized spacial score (nSPS) is 12.0. The minimum absolute atomic E-state index is 0.000845. The van der Waals surface area contributed by atoms with Gasteiger partial charge in [0.2, 0.25) is 5.91 Å². The van der Waals surface area contributed by atoms with Crippen LogP contribution in [0.15, 0.2) is 33.9 Å². The number of oxazole rings is 1. The molecule has 1 aromatic heterocycles. The average molecular weight is 321 g/mol. The second kappa shape index (κ2) is 7.15. The minimum Gasteiger partial charge on any atom is -0.431 e. The van der Waals surface area contributed by atoms with Crippen LogP contribution < -0.4 is 5.32 Å². The van der Waals surface area contributed by atoms with Gasteiger partial charge in [-0.3, -0.25) is 4.79 Å². The van der Waals surface area contributed by atoms with Crippen molar-refractivity contribution in [3.63, 3.8) is 0 Å². The smallest absolute Gasteiger partial charge is 0.257 e. The molecular weight excluding hydrogens is 298 g/mol.